The van der Waals surface area contributed by atoms with E-state index in [1.54, 1.807) is 27.7 Å². The summed E-state index contributed by atoms with van der Waals surface area (Å²) >= 11 is 0. The first-order chi connectivity index (χ1) is 12.2. The van der Waals surface area contributed by atoms with Crippen molar-refractivity contribution >= 4 is 12.2 Å². The number of likely N-dealkylation sites (tertiary alicyclic amines) is 1. The molecule has 1 saturated heterocycles. The number of aliphatic hydroxyl groups excluding tert-OH is 1. The largest absolute Gasteiger partial charge is 0.445 e. The monoisotopic (exact) mass is 364 g/mol. The molecule has 0 unspecified atom stereocenters. The predicted molar refractivity (Wildman–Crippen MR) is 96.6 cm³/mol. The predicted octanol–water partition coefficient (Wildman–Crippen LogP) is 2.67. The van der Waals surface area contributed by atoms with Gasteiger partial charge in [0.15, 0.2) is 0 Å². The lowest BCUT2D eigenvalue weighted by atomic mass is 9.97. The van der Waals surface area contributed by atoms with Crippen molar-refractivity contribution in [3.63, 3.8) is 0 Å². The van der Waals surface area contributed by atoms with Crippen LogP contribution in [0.1, 0.15) is 39.7 Å². The van der Waals surface area contributed by atoms with Gasteiger partial charge in [-0.25, -0.2) is 9.59 Å². The molecule has 0 radical (unpaired) electrons. The zero-order valence-electron chi connectivity index (χ0n) is 15.8. The number of carbonyl (C=O) groups excluding carboxylic acids is 2. The van der Waals surface area contributed by atoms with Crippen molar-refractivity contribution in [1.82, 2.24) is 10.2 Å². The third kappa shape index (κ3) is 5.91. The van der Waals surface area contributed by atoms with Gasteiger partial charge in [-0.05, 0) is 39.7 Å². The van der Waals surface area contributed by atoms with E-state index in [4.69, 9.17) is 9.47 Å². The molecule has 0 spiro atoms. The third-order valence-corrected chi connectivity index (χ3v) is 4.15. The van der Waals surface area contributed by atoms with Crippen LogP contribution in [0, 0.1) is 0 Å². The highest BCUT2D eigenvalue weighted by atomic mass is 16.6. The summed E-state index contributed by atoms with van der Waals surface area (Å²) in [6.07, 6.45) is -1.49. The highest BCUT2D eigenvalue weighted by molar-refractivity contribution is 5.70. The number of hydrogen-bond donors (Lipinski definition) is 2. The first-order valence-electron chi connectivity index (χ1n) is 8.80. The zero-order valence-corrected chi connectivity index (χ0v) is 15.8. The van der Waals surface area contributed by atoms with E-state index in [9.17, 15) is 14.7 Å². The van der Waals surface area contributed by atoms with Crippen LogP contribution in [0.25, 0.3) is 0 Å². The number of nitrogens with zero attached hydrogens (tertiary/aromatic N) is 1. The van der Waals surface area contributed by atoms with Gasteiger partial charge in [-0.2, -0.15) is 0 Å². The second kappa shape index (κ2) is 8.40. The number of nitrogens with one attached hydrogen (secondary N) is 1. The Balaban J connectivity index is 1.93. The van der Waals surface area contributed by atoms with Crippen molar-refractivity contribution in [3.05, 3.63) is 35.9 Å². The Labute approximate surface area is 154 Å². The number of benzene rings is 1. The van der Waals surface area contributed by atoms with Gasteiger partial charge in [-0.1, -0.05) is 30.3 Å². The zero-order chi connectivity index (χ0) is 19.3. The number of aliphatic hydroxyl groups is 1. The topological polar surface area (TPSA) is 88.1 Å². The van der Waals surface area contributed by atoms with Crippen LogP contribution in [0.3, 0.4) is 0 Å². The normalized spacial score (nSPS) is 23.3. The summed E-state index contributed by atoms with van der Waals surface area (Å²) in [6, 6.07) is 8.58. The molecule has 144 valence electrons. The van der Waals surface area contributed by atoms with E-state index in [1.807, 2.05) is 30.3 Å². The van der Waals surface area contributed by atoms with E-state index >= 15 is 0 Å². The van der Waals surface area contributed by atoms with Crippen LogP contribution in [0.15, 0.2) is 30.3 Å². The average molecular weight is 364 g/mol. The quantitative estimate of drug-likeness (QED) is 0.861. The maximum absolute atomic E-state index is 12.4. The van der Waals surface area contributed by atoms with Crippen LogP contribution in [0.4, 0.5) is 9.59 Å². The minimum atomic E-state index is -0.757. The Kier molecular flexibility index (Phi) is 6.47. The Morgan fingerprint density at radius 2 is 1.92 bits per heavy atom. The van der Waals surface area contributed by atoms with Crippen LogP contribution in [-0.4, -0.2) is 52.5 Å². The van der Waals surface area contributed by atoms with E-state index in [2.05, 4.69) is 5.32 Å². The minimum absolute atomic E-state index is 0.156. The molecule has 7 nitrogen and oxygen atoms in total. The minimum Gasteiger partial charge on any atom is -0.445 e. The summed E-state index contributed by atoms with van der Waals surface area (Å²) in [7, 11) is 0. The van der Waals surface area contributed by atoms with Crippen molar-refractivity contribution in [3.8, 4) is 0 Å². The van der Waals surface area contributed by atoms with Crippen molar-refractivity contribution in [1.29, 1.82) is 0 Å². The van der Waals surface area contributed by atoms with E-state index in [0.29, 0.717) is 6.42 Å². The van der Waals surface area contributed by atoms with Crippen LogP contribution in [-0.2, 0) is 16.1 Å². The first kappa shape index (κ1) is 20.0. The molecule has 0 saturated carbocycles. The fourth-order valence-electron chi connectivity index (χ4n) is 2.80. The smallest absolute Gasteiger partial charge is 0.410 e. The van der Waals surface area contributed by atoms with Crippen molar-refractivity contribution in [2.45, 2.75) is 64.5 Å². The summed E-state index contributed by atoms with van der Waals surface area (Å²) in [5.74, 6) is 0. The molecule has 3 atom stereocenters. The lowest BCUT2D eigenvalue weighted by molar-refractivity contribution is -0.00540. The van der Waals surface area contributed by atoms with Crippen LogP contribution in [0.2, 0.25) is 0 Å². The molecule has 0 aliphatic carbocycles. The van der Waals surface area contributed by atoms with E-state index in [1.165, 1.54) is 4.90 Å². The van der Waals surface area contributed by atoms with Crippen molar-refractivity contribution in [2.75, 3.05) is 6.54 Å². The highest BCUT2D eigenvalue weighted by Gasteiger charge is 2.37. The molecule has 1 aliphatic rings. The maximum Gasteiger partial charge on any atom is 0.410 e. The number of piperidine rings is 1. The van der Waals surface area contributed by atoms with Gasteiger partial charge < -0.3 is 24.8 Å². The molecule has 0 aromatic heterocycles. The summed E-state index contributed by atoms with van der Waals surface area (Å²) < 4.78 is 10.6. The second-order valence-corrected chi connectivity index (χ2v) is 7.58. The fraction of sp³-hybridized carbons (Fsp3) is 0.579. The Morgan fingerprint density at radius 1 is 1.27 bits per heavy atom. The van der Waals surface area contributed by atoms with E-state index in [-0.39, 0.29) is 13.2 Å². The average Bonchev–Trinajstić information content (AvgIpc) is 2.55. The second-order valence-electron chi connectivity index (χ2n) is 7.58. The molecule has 1 aliphatic heterocycles. The molecule has 7 heteroatoms. The first-order valence-corrected chi connectivity index (χ1v) is 8.80. The van der Waals surface area contributed by atoms with Crippen molar-refractivity contribution < 1.29 is 24.2 Å². The molecule has 1 fully saturated rings. The molecule has 1 aromatic carbocycles. The number of hydrogen-bond acceptors (Lipinski definition) is 5. The molecular formula is C19H28N2O5. The number of amides is 2. The van der Waals surface area contributed by atoms with E-state index in [0.717, 1.165) is 5.56 Å². The standard InChI is InChI=1S/C19H28N2O5/c1-13-16(22)10-15(20-17(23)26-19(2,3)4)11-21(13)18(24)25-12-14-8-6-5-7-9-14/h5-9,13,15-16,22H,10-12H2,1-4H3,(H,20,23)/t13-,15+,16-/m0/s1. The highest BCUT2D eigenvalue weighted by Crippen LogP contribution is 2.20. The Hall–Kier alpha value is -2.28. The summed E-state index contributed by atoms with van der Waals surface area (Å²) in [5.41, 5.74) is 0.272. The van der Waals surface area contributed by atoms with Gasteiger partial charge in [0.05, 0.1) is 18.2 Å². The number of alkyl carbamates (subject to hydrolysis) is 1. The molecule has 0 bridgehead atoms. The molecule has 1 aromatic rings. The summed E-state index contributed by atoms with van der Waals surface area (Å²) in [5, 5.41) is 13.0. The lowest BCUT2D eigenvalue weighted by Gasteiger charge is -2.40. The Bertz CT molecular complexity index is 614. The van der Waals surface area contributed by atoms with Gasteiger partial charge in [0.1, 0.15) is 12.2 Å². The molecule has 26 heavy (non-hydrogen) atoms. The molecule has 1 heterocycles. The molecular weight excluding hydrogens is 336 g/mol. The van der Waals surface area contributed by atoms with Gasteiger partial charge in [-0.15, -0.1) is 0 Å². The van der Waals surface area contributed by atoms with E-state index < -0.39 is 36.0 Å². The Morgan fingerprint density at radius 3 is 2.54 bits per heavy atom. The molecule has 2 rings (SSSR count). The number of carbonyl (C=O) groups is 2. The number of rotatable bonds is 3. The molecule has 2 amide bonds. The summed E-state index contributed by atoms with van der Waals surface area (Å²) in [4.78, 5) is 25.8. The van der Waals surface area contributed by atoms with Crippen LogP contribution >= 0.6 is 0 Å². The lowest BCUT2D eigenvalue weighted by Crippen LogP contribution is -2.58. The van der Waals surface area contributed by atoms with Gasteiger partial charge in [-0.3, -0.25) is 0 Å². The third-order valence-electron chi connectivity index (χ3n) is 4.15. The van der Waals surface area contributed by atoms with Gasteiger partial charge >= 0.3 is 12.2 Å². The van der Waals surface area contributed by atoms with Crippen LogP contribution < -0.4 is 5.32 Å². The SMILES string of the molecule is C[C@H]1[C@@H](O)C[C@@H](NC(=O)OC(C)(C)C)CN1C(=O)OCc1ccccc1. The fourth-order valence-corrected chi connectivity index (χ4v) is 2.80. The van der Waals surface area contributed by atoms with Gasteiger partial charge in [0.25, 0.3) is 0 Å². The van der Waals surface area contributed by atoms with Gasteiger partial charge in [0, 0.05) is 6.54 Å². The van der Waals surface area contributed by atoms with Crippen LogP contribution in [0.5, 0.6) is 0 Å². The molecule has 2 N–H and O–H groups in total. The maximum atomic E-state index is 12.4. The van der Waals surface area contributed by atoms with Gasteiger partial charge in [0.2, 0.25) is 0 Å². The van der Waals surface area contributed by atoms with Crippen molar-refractivity contribution in [2.24, 2.45) is 0 Å². The number of ether oxygens (including phenoxy) is 2. The summed E-state index contributed by atoms with van der Waals surface area (Å²) in [6.45, 7) is 7.50.